The molecule has 8 heteroatoms. The zero-order valence-corrected chi connectivity index (χ0v) is 15.0. The summed E-state index contributed by atoms with van der Waals surface area (Å²) in [4.78, 5) is 18.2. The van der Waals surface area contributed by atoms with Gasteiger partial charge in [0, 0.05) is 32.8 Å². The van der Waals surface area contributed by atoms with E-state index in [9.17, 15) is 4.79 Å². The summed E-state index contributed by atoms with van der Waals surface area (Å²) in [5.41, 5.74) is 0. The Hall–Kier alpha value is -0.570. The molecule has 0 radical (unpaired) electrons. The number of hydrogen-bond donors (Lipinski definition) is 0. The molecule has 0 atom stereocenters. The van der Waals surface area contributed by atoms with Gasteiger partial charge in [-0.15, -0.1) is 0 Å². The van der Waals surface area contributed by atoms with Gasteiger partial charge in [-0.3, -0.25) is 4.90 Å². The van der Waals surface area contributed by atoms with E-state index in [1.54, 1.807) is 23.8 Å². The lowest BCUT2D eigenvalue weighted by molar-refractivity contribution is 0.0740. The Bertz CT molecular complexity index is 390. The van der Waals surface area contributed by atoms with E-state index in [4.69, 9.17) is 21.7 Å². The minimum absolute atomic E-state index is 0.196. The van der Waals surface area contributed by atoms with Crippen LogP contribution >= 0.6 is 24.0 Å². The second kappa shape index (κ2) is 8.90. The summed E-state index contributed by atoms with van der Waals surface area (Å²) in [5.74, 6) is 0.931. The number of thioether (sulfide) groups is 1. The molecule has 2 fully saturated rings. The third-order valence-corrected chi connectivity index (χ3v) is 5.56. The smallest absolute Gasteiger partial charge is 0.409 e. The molecule has 0 unspecified atom stereocenters. The molecule has 0 aromatic rings. The van der Waals surface area contributed by atoms with E-state index in [2.05, 4.69) is 9.80 Å². The van der Waals surface area contributed by atoms with Crippen molar-refractivity contribution in [3.8, 4) is 0 Å². The van der Waals surface area contributed by atoms with Crippen LogP contribution in [0.2, 0.25) is 0 Å². The molecular weight excluding hydrogens is 322 g/mol. The first kappa shape index (κ1) is 17.8. The van der Waals surface area contributed by atoms with Crippen LogP contribution in [0.25, 0.3) is 0 Å². The average Bonchev–Trinajstić information content (AvgIpc) is 2.54. The van der Waals surface area contributed by atoms with Gasteiger partial charge in [-0.2, -0.15) is 0 Å². The minimum Gasteiger partial charge on any atom is -0.450 e. The molecule has 0 saturated carbocycles. The second-order valence-electron chi connectivity index (χ2n) is 5.45. The maximum absolute atomic E-state index is 11.8. The van der Waals surface area contributed by atoms with Gasteiger partial charge >= 0.3 is 6.09 Å². The van der Waals surface area contributed by atoms with Gasteiger partial charge in [-0.1, -0.05) is 24.0 Å². The Labute approximate surface area is 142 Å². The summed E-state index contributed by atoms with van der Waals surface area (Å²) in [6.07, 6.45) is 1.69. The molecule has 2 saturated heterocycles. The summed E-state index contributed by atoms with van der Waals surface area (Å²) >= 11 is 7.24. The topological polar surface area (TPSA) is 45.2 Å². The molecule has 2 aliphatic heterocycles. The van der Waals surface area contributed by atoms with Gasteiger partial charge in [0.05, 0.1) is 25.8 Å². The Morgan fingerprint density at radius 2 is 2.14 bits per heavy atom. The minimum atomic E-state index is -0.196. The predicted octanol–water partition coefficient (Wildman–Crippen LogP) is 1.80. The fourth-order valence-electron chi connectivity index (χ4n) is 2.74. The highest BCUT2D eigenvalue weighted by Gasteiger charge is 2.32. The molecule has 126 valence electrons. The van der Waals surface area contributed by atoms with Crippen molar-refractivity contribution in [3.05, 3.63) is 0 Å². The largest absolute Gasteiger partial charge is 0.450 e. The van der Waals surface area contributed by atoms with Gasteiger partial charge in [0.15, 0.2) is 0 Å². The lowest BCUT2D eigenvalue weighted by Gasteiger charge is -2.44. The summed E-state index contributed by atoms with van der Waals surface area (Å²) in [5, 5.41) is 0. The highest BCUT2D eigenvalue weighted by atomic mass is 32.2. The van der Waals surface area contributed by atoms with Gasteiger partial charge in [-0.25, -0.2) is 4.79 Å². The Morgan fingerprint density at radius 1 is 1.41 bits per heavy atom. The van der Waals surface area contributed by atoms with Crippen molar-refractivity contribution in [2.45, 2.75) is 25.8 Å². The number of carbonyl (C=O) groups is 1. The summed E-state index contributed by atoms with van der Waals surface area (Å²) < 4.78 is 11.2. The fourth-order valence-corrected chi connectivity index (χ4v) is 3.98. The summed E-state index contributed by atoms with van der Waals surface area (Å²) in [7, 11) is 1.73. The van der Waals surface area contributed by atoms with Crippen LogP contribution in [0.1, 0.15) is 19.8 Å². The van der Waals surface area contributed by atoms with Crippen LogP contribution in [0.15, 0.2) is 0 Å². The third kappa shape index (κ3) is 4.71. The van der Waals surface area contributed by atoms with Crippen LogP contribution in [-0.2, 0) is 9.47 Å². The number of methoxy groups -OCH3 is 1. The molecule has 0 bridgehead atoms. The zero-order valence-electron chi connectivity index (χ0n) is 13.3. The van der Waals surface area contributed by atoms with E-state index in [0.717, 1.165) is 55.9 Å². The molecule has 6 nitrogen and oxygen atoms in total. The number of nitrogens with zero attached hydrogens (tertiary/aromatic N) is 3. The average molecular weight is 348 g/mol. The van der Waals surface area contributed by atoms with E-state index in [0.29, 0.717) is 12.6 Å². The number of likely N-dealkylation sites (tertiary alicyclic amines) is 1. The second-order valence-corrected chi connectivity index (χ2v) is 7.03. The molecule has 2 aliphatic rings. The lowest BCUT2D eigenvalue weighted by atomic mass is 10.0. The molecular formula is C14H25N3O3S2. The van der Waals surface area contributed by atoms with E-state index in [1.165, 1.54) is 0 Å². The van der Waals surface area contributed by atoms with Crippen molar-refractivity contribution in [3.63, 3.8) is 0 Å². The van der Waals surface area contributed by atoms with Crippen molar-refractivity contribution >= 4 is 34.4 Å². The monoisotopic (exact) mass is 347 g/mol. The van der Waals surface area contributed by atoms with Gasteiger partial charge in [-0.05, 0) is 19.8 Å². The number of carbonyl (C=O) groups excluding carboxylic acids is 1. The molecule has 0 aromatic carbocycles. The third-order valence-electron chi connectivity index (χ3n) is 4.00. The van der Waals surface area contributed by atoms with Crippen LogP contribution in [0.3, 0.4) is 0 Å². The van der Waals surface area contributed by atoms with E-state index in [1.807, 2.05) is 6.92 Å². The molecule has 1 amide bonds. The number of rotatable bonds is 5. The number of piperidine rings is 1. The molecule has 2 rings (SSSR count). The highest BCUT2D eigenvalue weighted by molar-refractivity contribution is 8.22. The Balaban J connectivity index is 1.83. The standard InChI is InChI=1S/C14H25N3O3S2/c1-3-20-13(18)16-6-4-12(5-7-16)17-10-15(8-9-19-2)11-22-14(17)21/h12H,3-11H2,1-2H3. The Kier molecular flexibility index (Phi) is 7.20. The molecule has 22 heavy (non-hydrogen) atoms. The van der Waals surface area contributed by atoms with Gasteiger partial charge in [0.25, 0.3) is 0 Å². The number of hydrogen-bond acceptors (Lipinski definition) is 6. The zero-order chi connectivity index (χ0) is 15.9. The van der Waals surface area contributed by atoms with E-state index >= 15 is 0 Å². The van der Waals surface area contributed by atoms with Gasteiger partial charge in [0.1, 0.15) is 4.32 Å². The summed E-state index contributed by atoms with van der Waals surface area (Å²) in [6.45, 7) is 6.27. The van der Waals surface area contributed by atoms with Crippen LogP contribution in [0.5, 0.6) is 0 Å². The maximum Gasteiger partial charge on any atom is 0.409 e. The van der Waals surface area contributed by atoms with Crippen LogP contribution in [0.4, 0.5) is 4.79 Å². The summed E-state index contributed by atoms with van der Waals surface area (Å²) in [6, 6.07) is 0.413. The van der Waals surface area contributed by atoms with E-state index < -0.39 is 0 Å². The first-order valence-electron chi connectivity index (χ1n) is 7.72. The highest BCUT2D eigenvalue weighted by Crippen LogP contribution is 2.26. The SMILES string of the molecule is CCOC(=O)N1CCC(N2CN(CCOC)CSC2=S)CC1. The lowest BCUT2D eigenvalue weighted by Crippen LogP contribution is -2.54. The van der Waals surface area contributed by atoms with Gasteiger partial charge in [0.2, 0.25) is 0 Å². The van der Waals surface area contributed by atoms with Crippen LogP contribution in [0, 0.1) is 0 Å². The predicted molar refractivity (Wildman–Crippen MR) is 92.0 cm³/mol. The maximum atomic E-state index is 11.8. The number of thiocarbonyl (C=S) groups is 1. The van der Waals surface area contributed by atoms with E-state index in [-0.39, 0.29) is 6.09 Å². The quantitative estimate of drug-likeness (QED) is 0.703. The first-order chi connectivity index (χ1) is 10.7. The molecule has 0 N–H and O–H groups in total. The van der Waals surface area contributed by atoms with Crippen molar-refractivity contribution < 1.29 is 14.3 Å². The molecule has 0 spiro atoms. The van der Waals surface area contributed by atoms with Crippen LogP contribution < -0.4 is 0 Å². The van der Waals surface area contributed by atoms with Crippen molar-refractivity contribution in [1.82, 2.24) is 14.7 Å². The molecule has 0 aromatic heterocycles. The number of amides is 1. The van der Waals surface area contributed by atoms with Crippen molar-refractivity contribution in [1.29, 1.82) is 0 Å². The van der Waals surface area contributed by atoms with Crippen LogP contribution in [-0.4, -0.2) is 83.7 Å². The fraction of sp³-hybridized carbons (Fsp3) is 0.857. The number of ether oxygens (including phenoxy) is 2. The Morgan fingerprint density at radius 3 is 2.77 bits per heavy atom. The molecule has 2 heterocycles. The first-order valence-corrected chi connectivity index (χ1v) is 9.11. The van der Waals surface area contributed by atoms with Crippen molar-refractivity contribution in [2.24, 2.45) is 0 Å². The van der Waals surface area contributed by atoms with Gasteiger partial charge < -0.3 is 19.3 Å². The van der Waals surface area contributed by atoms with Crippen molar-refractivity contribution in [2.75, 3.05) is 52.5 Å². The normalized spacial score (nSPS) is 21.3. The molecule has 0 aliphatic carbocycles.